The van der Waals surface area contributed by atoms with Gasteiger partial charge in [0.1, 0.15) is 11.7 Å². The molecule has 2 aliphatic heterocycles. The molecule has 2 atom stereocenters. The van der Waals surface area contributed by atoms with E-state index in [1.165, 1.54) is 0 Å². The van der Waals surface area contributed by atoms with Crippen molar-refractivity contribution in [3.05, 3.63) is 94.3 Å². The number of hydrogen-bond acceptors (Lipinski definition) is 8. The molecule has 1 saturated heterocycles. The summed E-state index contributed by atoms with van der Waals surface area (Å²) in [5.74, 6) is 0.687. The maximum absolute atomic E-state index is 14.2. The number of ether oxygens (including phenoxy) is 1. The molecule has 5 aromatic rings. The van der Waals surface area contributed by atoms with Gasteiger partial charge in [0, 0.05) is 80.5 Å². The number of benzene rings is 2. The Labute approximate surface area is 283 Å². The van der Waals surface area contributed by atoms with Gasteiger partial charge < -0.3 is 30.2 Å². The van der Waals surface area contributed by atoms with Crippen LogP contribution in [0, 0.1) is 6.92 Å². The normalized spacial score (nSPS) is 18.1. The van der Waals surface area contributed by atoms with E-state index in [2.05, 4.69) is 43.9 Å². The fourth-order valence-electron chi connectivity index (χ4n) is 6.54. The van der Waals surface area contributed by atoms with Crippen LogP contribution in [0.1, 0.15) is 39.6 Å². The summed E-state index contributed by atoms with van der Waals surface area (Å²) >= 11 is 6.97. The molecule has 0 aliphatic carbocycles. The van der Waals surface area contributed by atoms with Gasteiger partial charge in [-0.25, -0.2) is 14.4 Å². The lowest BCUT2D eigenvalue weighted by Crippen LogP contribution is -2.43. The van der Waals surface area contributed by atoms with Crippen molar-refractivity contribution >= 4 is 45.6 Å². The monoisotopic (exact) mass is 668 g/mol. The van der Waals surface area contributed by atoms with E-state index in [4.69, 9.17) is 21.3 Å². The molecule has 0 bridgehead atoms. The molecule has 1 fully saturated rings. The fraction of sp³-hybridized carbons (Fsp3) is 0.333. The number of carbonyl (C=O) groups excluding carboxylic acids is 1. The van der Waals surface area contributed by atoms with Crippen LogP contribution in [0.5, 0.6) is 0 Å². The number of pyridine rings is 2. The van der Waals surface area contributed by atoms with E-state index in [1.807, 2.05) is 54.9 Å². The highest BCUT2D eigenvalue weighted by molar-refractivity contribution is 6.36. The van der Waals surface area contributed by atoms with Crippen LogP contribution in [0.2, 0.25) is 5.02 Å². The number of carbonyl (C=O) groups is 1. The molecule has 0 saturated carbocycles. The third-order valence-corrected chi connectivity index (χ3v) is 9.69. The third-order valence-electron chi connectivity index (χ3n) is 9.28. The highest BCUT2D eigenvalue weighted by Crippen LogP contribution is 2.38. The van der Waals surface area contributed by atoms with E-state index in [9.17, 15) is 9.18 Å². The maximum atomic E-state index is 14.2. The van der Waals surface area contributed by atoms with Crippen molar-refractivity contribution in [2.75, 3.05) is 37.4 Å². The Bertz CT molecular complexity index is 2000. The zero-order valence-electron chi connectivity index (χ0n) is 27.2. The largest absolute Gasteiger partial charge is 0.378 e. The summed E-state index contributed by atoms with van der Waals surface area (Å²) in [5.41, 5.74) is 7.75. The standard InChI is InChI=1S/C36H38ClFN8O2/c1-21-24(25-7-5-9-29(32(25)37)44-36(47)35-43-30-19-45(2)14-11-31(30)46(35)3)6-4-8-27(21)42-34-33-23(10-13-39-34)16-22(18-41-33)17-40-28-12-15-48-20-26(28)38/h4-10,13,16,18,26,28,40H,11-12,14-15,17,19-20H2,1-3H3,(H,39,42)(H,44,47)/t26-,28+/m0/s1. The van der Waals surface area contributed by atoms with Crippen LogP contribution in [-0.4, -0.2) is 69.3 Å². The topological polar surface area (TPSA) is 109 Å². The van der Waals surface area contributed by atoms with E-state index >= 15 is 0 Å². The van der Waals surface area contributed by atoms with Crippen molar-refractivity contribution in [3.63, 3.8) is 0 Å². The predicted octanol–water partition coefficient (Wildman–Crippen LogP) is 6.19. The summed E-state index contributed by atoms with van der Waals surface area (Å²) < 4.78 is 21.3. The first-order valence-electron chi connectivity index (χ1n) is 16.2. The number of anilines is 3. The zero-order chi connectivity index (χ0) is 33.4. The van der Waals surface area contributed by atoms with Gasteiger partial charge in [-0.1, -0.05) is 35.9 Å². The van der Waals surface area contributed by atoms with E-state index in [0.29, 0.717) is 41.9 Å². The summed E-state index contributed by atoms with van der Waals surface area (Å²) in [5, 5.41) is 11.1. The number of hydrogen-bond donors (Lipinski definition) is 3. The van der Waals surface area contributed by atoms with Crippen LogP contribution in [0.25, 0.3) is 22.0 Å². The van der Waals surface area contributed by atoms with Gasteiger partial charge in [-0.15, -0.1) is 0 Å². The van der Waals surface area contributed by atoms with Gasteiger partial charge in [0.05, 0.1) is 23.0 Å². The van der Waals surface area contributed by atoms with Crippen LogP contribution in [-0.2, 0) is 31.3 Å². The van der Waals surface area contributed by atoms with Gasteiger partial charge in [-0.05, 0) is 61.3 Å². The fourth-order valence-corrected chi connectivity index (χ4v) is 6.82. The minimum Gasteiger partial charge on any atom is -0.378 e. The van der Waals surface area contributed by atoms with Crippen LogP contribution in [0.3, 0.4) is 0 Å². The molecule has 248 valence electrons. The minimum absolute atomic E-state index is 0.134. The van der Waals surface area contributed by atoms with Gasteiger partial charge in [0.2, 0.25) is 0 Å². The Morgan fingerprint density at radius 3 is 2.75 bits per heavy atom. The maximum Gasteiger partial charge on any atom is 0.291 e. The number of halogens is 2. The van der Waals surface area contributed by atoms with Crippen molar-refractivity contribution in [1.29, 1.82) is 0 Å². The molecule has 3 aromatic heterocycles. The smallest absolute Gasteiger partial charge is 0.291 e. The Hall–Kier alpha value is -4.42. The van der Waals surface area contributed by atoms with Gasteiger partial charge in [-0.3, -0.25) is 9.78 Å². The third kappa shape index (κ3) is 6.38. The van der Waals surface area contributed by atoms with Gasteiger partial charge in [-0.2, -0.15) is 0 Å². The molecule has 2 aromatic carbocycles. The van der Waals surface area contributed by atoms with Gasteiger partial charge in [0.25, 0.3) is 5.91 Å². The summed E-state index contributed by atoms with van der Waals surface area (Å²) in [7, 11) is 3.94. The van der Waals surface area contributed by atoms with Gasteiger partial charge >= 0.3 is 0 Å². The second-order valence-electron chi connectivity index (χ2n) is 12.5. The summed E-state index contributed by atoms with van der Waals surface area (Å²) in [6, 6.07) is 15.3. The molecule has 0 unspecified atom stereocenters. The number of fused-ring (bicyclic) bond motifs is 2. The second kappa shape index (κ2) is 13.6. The Kier molecular flexibility index (Phi) is 9.11. The molecule has 3 N–H and O–H groups in total. The molecule has 0 radical (unpaired) electrons. The number of alkyl halides is 1. The predicted molar refractivity (Wildman–Crippen MR) is 187 cm³/mol. The number of nitrogens with zero attached hydrogens (tertiary/aromatic N) is 5. The quantitative estimate of drug-likeness (QED) is 0.180. The lowest BCUT2D eigenvalue weighted by Gasteiger charge is -2.27. The number of imidazole rings is 1. The number of rotatable bonds is 8. The Morgan fingerprint density at radius 2 is 1.92 bits per heavy atom. The lowest BCUT2D eigenvalue weighted by molar-refractivity contribution is 0.0135. The van der Waals surface area contributed by atoms with Crippen molar-refractivity contribution < 1.29 is 13.9 Å². The SMILES string of the molecule is Cc1c(Nc2nccc3cc(CN[C@@H]4CCOC[C@@H]4F)cnc23)cccc1-c1cccc(NC(=O)c2nc3c(n2C)CCN(C)C3)c1Cl. The minimum atomic E-state index is -1.01. The van der Waals surface area contributed by atoms with Crippen LogP contribution in [0.15, 0.2) is 60.9 Å². The summed E-state index contributed by atoms with van der Waals surface area (Å²) in [4.78, 5) is 29.6. The van der Waals surface area contributed by atoms with E-state index in [-0.39, 0.29) is 18.6 Å². The zero-order valence-corrected chi connectivity index (χ0v) is 27.9. The van der Waals surface area contributed by atoms with E-state index < -0.39 is 6.17 Å². The molecule has 0 spiro atoms. The highest BCUT2D eigenvalue weighted by Gasteiger charge is 2.26. The first-order chi connectivity index (χ1) is 23.3. The van der Waals surface area contributed by atoms with Crippen molar-refractivity contribution in [3.8, 4) is 11.1 Å². The van der Waals surface area contributed by atoms with E-state index in [0.717, 1.165) is 69.7 Å². The van der Waals surface area contributed by atoms with Crippen LogP contribution < -0.4 is 16.0 Å². The van der Waals surface area contributed by atoms with Crippen molar-refractivity contribution in [1.82, 2.24) is 29.7 Å². The van der Waals surface area contributed by atoms with Crippen molar-refractivity contribution in [2.45, 2.75) is 45.1 Å². The Balaban J connectivity index is 1.10. The van der Waals surface area contributed by atoms with Crippen LogP contribution >= 0.6 is 11.6 Å². The van der Waals surface area contributed by atoms with E-state index in [1.54, 1.807) is 18.5 Å². The first kappa shape index (κ1) is 32.1. The van der Waals surface area contributed by atoms with Gasteiger partial charge in [0.15, 0.2) is 11.6 Å². The Morgan fingerprint density at radius 1 is 1.10 bits per heavy atom. The molecular formula is C36H38ClFN8O2. The molecule has 10 nitrogen and oxygen atoms in total. The molecule has 12 heteroatoms. The lowest BCUT2D eigenvalue weighted by atomic mass is 9.98. The molecule has 5 heterocycles. The average Bonchev–Trinajstić information content (AvgIpc) is 3.41. The highest BCUT2D eigenvalue weighted by atomic mass is 35.5. The van der Waals surface area contributed by atoms with Crippen LogP contribution in [0.4, 0.5) is 21.6 Å². The average molecular weight is 669 g/mol. The van der Waals surface area contributed by atoms with Crippen molar-refractivity contribution in [2.24, 2.45) is 7.05 Å². The molecule has 2 aliphatic rings. The number of amides is 1. The second-order valence-corrected chi connectivity index (χ2v) is 12.9. The molecule has 1 amide bonds. The first-order valence-corrected chi connectivity index (χ1v) is 16.5. The molecule has 48 heavy (non-hydrogen) atoms. The number of nitrogens with one attached hydrogen (secondary N) is 3. The summed E-state index contributed by atoms with van der Waals surface area (Å²) in [6.45, 7) is 4.88. The number of likely N-dealkylation sites (N-methyl/N-ethyl adjacent to an activating group) is 1. The number of aromatic nitrogens is 4. The molecule has 7 rings (SSSR count). The molecular weight excluding hydrogens is 631 g/mol. The summed E-state index contributed by atoms with van der Waals surface area (Å²) in [6.07, 6.45) is 4.04.